The molecule has 0 radical (unpaired) electrons. The van der Waals surface area contributed by atoms with Crippen molar-refractivity contribution in [2.24, 2.45) is 0 Å². The minimum absolute atomic E-state index is 0.312. The maximum Gasteiger partial charge on any atom is 0.0629 e. The molecule has 2 N–H and O–H groups in total. The lowest BCUT2D eigenvalue weighted by molar-refractivity contribution is 0.745. The van der Waals surface area contributed by atoms with Gasteiger partial charge >= 0.3 is 0 Å². The topological polar surface area (TPSA) is 29.3 Å². The van der Waals surface area contributed by atoms with Crippen molar-refractivity contribution in [3.63, 3.8) is 0 Å². The number of benzene rings is 3. The van der Waals surface area contributed by atoms with Gasteiger partial charge in [0, 0.05) is 28.5 Å². The standard InChI is InChI=1S/C24H20N2/c25-18-15-13-17(14-16-18)19-7-1-4-10-22(19)26-23-11-5-2-8-20(23)21-9-3-6-12-24(21)26/h1-16,20,23H,25H2. The summed E-state index contributed by atoms with van der Waals surface area (Å²) in [4.78, 5) is 2.48. The number of para-hydroxylation sites is 2. The maximum absolute atomic E-state index is 5.89. The number of allylic oxidation sites excluding steroid dienone is 2. The van der Waals surface area contributed by atoms with Gasteiger partial charge < -0.3 is 10.6 Å². The Balaban J connectivity index is 1.70. The van der Waals surface area contributed by atoms with Crippen molar-refractivity contribution in [1.29, 1.82) is 0 Å². The average Bonchev–Trinajstić information content (AvgIpc) is 3.03. The molecule has 2 aliphatic rings. The summed E-state index contributed by atoms with van der Waals surface area (Å²) in [6.45, 7) is 0. The first-order valence-corrected chi connectivity index (χ1v) is 9.01. The molecule has 0 bridgehead atoms. The van der Waals surface area contributed by atoms with Crippen molar-refractivity contribution in [2.75, 3.05) is 10.6 Å². The number of rotatable bonds is 2. The largest absolute Gasteiger partial charge is 0.399 e. The van der Waals surface area contributed by atoms with Crippen LogP contribution in [-0.2, 0) is 0 Å². The zero-order chi connectivity index (χ0) is 17.5. The molecule has 2 heteroatoms. The number of hydrogen-bond acceptors (Lipinski definition) is 2. The lowest BCUT2D eigenvalue weighted by Crippen LogP contribution is -2.28. The molecule has 26 heavy (non-hydrogen) atoms. The van der Waals surface area contributed by atoms with Crippen LogP contribution in [0, 0.1) is 0 Å². The molecule has 0 fully saturated rings. The molecule has 0 amide bonds. The zero-order valence-corrected chi connectivity index (χ0v) is 14.4. The summed E-state index contributed by atoms with van der Waals surface area (Å²) in [7, 11) is 0. The highest BCUT2D eigenvalue weighted by atomic mass is 15.2. The van der Waals surface area contributed by atoms with Gasteiger partial charge in [0.05, 0.1) is 6.04 Å². The number of nitrogens with two attached hydrogens (primary N) is 1. The van der Waals surface area contributed by atoms with E-state index >= 15 is 0 Å². The van der Waals surface area contributed by atoms with Gasteiger partial charge in [-0.2, -0.15) is 0 Å². The second-order valence-electron chi connectivity index (χ2n) is 6.85. The first-order valence-electron chi connectivity index (χ1n) is 9.01. The van der Waals surface area contributed by atoms with Crippen LogP contribution in [-0.4, -0.2) is 6.04 Å². The molecule has 2 unspecified atom stereocenters. The van der Waals surface area contributed by atoms with E-state index in [1.807, 2.05) is 12.1 Å². The van der Waals surface area contributed by atoms with E-state index in [4.69, 9.17) is 5.73 Å². The molecular formula is C24H20N2. The van der Waals surface area contributed by atoms with Gasteiger partial charge in [0.25, 0.3) is 0 Å². The van der Waals surface area contributed by atoms with E-state index in [1.54, 1.807) is 0 Å². The van der Waals surface area contributed by atoms with Gasteiger partial charge in [-0.25, -0.2) is 0 Å². The van der Waals surface area contributed by atoms with Crippen molar-refractivity contribution in [2.45, 2.75) is 12.0 Å². The number of nitrogen functional groups attached to an aromatic ring is 1. The van der Waals surface area contributed by atoms with Gasteiger partial charge in [0.1, 0.15) is 0 Å². The minimum atomic E-state index is 0.312. The van der Waals surface area contributed by atoms with Gasteiger partial charge in [-0.3, -0.25) is 0 Å². The summed E-state index contributed by atoms with van der Waals surface area (Å²) in [6, 6.07) is 25.8. The molecule has 0 saturated carbocycles. The normalized spacial score (nSPS) is 20.1. The molecule has 2 nitrogen and oxygen atoms in total. The molecular weight excluding hydrogens is 316 g/mol. The Hall–Kier alpha value is -3.26. The van der Waals surface area contributed by atoms with Gasteiger partial charge in [-0.05, 0) is 35.4 Å². The van der Waals surface area contributed by atoms with Crippen LogP contribution in [0.1, 0.15) is 11.5 Å². The Morgan fingerprint density at radius 1 is 0.692 bits per heavy atom. The quantitative estimate of drug-likeness (QED) is 0.611. The number of anilines is 3. The van der Waals surface area contributed by atoms with E-state index in [0.717, 1.165) is 5.69 Å². The summed E-state index contributed by atoms with van der Waals surface area (Å²) < 4.78 is 0. The van der Waals surface area contributed by atoms with E-state index in [-0.39, 0.29) is 0 Å². The molecule has 3 aromatic carbocycles. The molecule has 1 heterocycles. The van der Waals surface area contributed by atoms with Crippen molar-refractivity contribution in [1.82, 2.24) is 0 Å². The van der Waals surface area contributed by atoms with Crippen LogP contribution in [0.25, 0.3) is 11.1 Å². The Kier molecular flexibility index (Phi) is 3.42. The maximum atomic E-state index is 5.89. The molecule has 5 rings (SSSR count). The van der Waals surface area contributed by atoms with Gasteiger partial charge in [-0.1, -0.05) is 72.8 Å². The molecule has 2 atom stereocenters. The fourth-order valence-electron chi connectivity index (χ4n) is 4.16. The number of hydrogen-bond donors (Lipinski definition) is 1. The predicted octanol–water partition coefficient (Wildman–Crippen LogP) is 5.67. The van der Waals surface area contributed by atoms with Crippen molar-refractivity contribution < 1.29 is 0 Å². The van der Waals surface area contributed by atoms with E-state index in [0.29, 0.717) is 12.0 Å². The summed E-state index contributed by atoms with van der Waals surface area (Å²) >= 11 is 0. The number of fused-ring (bicyclic) bond motifs is 3. The van der Waals surface area contributed by atoms with Crippen LogP contribution >= 0.6 is 0 Å². The zero-order valence-electron chi connectivity index (χ0n) is 14.4. The lowest BCUT2D eigenvalue weighted by atomic mass is 9.91. The summed E-state index contributed by atoms with van der Waals surface area (Å²) in [5.41, 5.74) is 13.0. The Bertz CT molecular complexity index is 1010. The first kappa shape index (κ1) is 15.0. The van der Waals surface area contributed by atoms with E-state index in [2.05, 4.69) is 89.9 Å². The fourth-order valence-corrected chi connectivity index (χ4v) is 4.16. The number of nitrogens with zero attached hydrogens (tertiary/aromatic N) is 1. The third kappa shape index (κ3) is 2.26. The SMILES string of the molecule is Nc1ccc(-c2ccccc2N2c3ccccc3C3C=CC=CC32)cc1. The Labute approximate surface area is 153 Å². The summed E-state index contributed by atoms with van der Waals surface area (Å²) in [5.74, 6) is 0.399. The molecule has 126 valence electrons. The smallest absolute Gasteiger partial charge is 0.0629 e. The fraction of sp³-hybridized carbons (Fsp3) is 0.0833. The lowest BCUT2D eigenvalue weighted by Gasteiger charge is -2.30. The predicted molar refractivity (Wildman–Crippen MR) is 110 cm³/mol. The molecule has 1 aliphatic carbocycles. The van der Waals surface area contributed by atoms with Crippen LogP contribution in [0.3, 0.4) is 0 Å². The van der Waals surface area contributed by atoms with E-state index < -0.39 is 0 Å². The summed E-state index contributed by atoms with van der Waals surface area (Å²) in [6.07, 6.45) is 8.94. The van der Waals surface area contributed by atoms with Crippen LogP contribution in [0.5, 0.6) is 0 Å². The average molecular weight is 336 g/mol. The van der Waals surface area contributed by atoms with Crippen LogP contribution in [0.4, 0.5) is 17.1 Å². The third-order valence-electron chi connectivity index (χ3n) is 5.34. The molecule has 0 aromatic heterocycles. The second kappa shape index (κ2) is 5.92. The van der Waals surface area contributed by atoms with Crippen molar-refractivity contribution >= 4 is 17.1 Å². The van der Waals surface area contributed by atoms with Crippen LogP contribution < -0.4 is 10.6 Å². The molecule has 1 aliphatic heterocycles. The molecule has 0 spiro atoms. The van der Waals surface area contributed by atoms with Crippen LogP contribution in [0.2, 0.25) is 0 Å². The second-order valence-corrected chi connectivity index (χ2v) is 6.85. The monoisotopic (exact) mass is 336 g/mol. The Morgan fingerprint density at radius 3 is 2.23 bits per heavy atom. The first-order chi connectivity index (χ1) is 12.8. The minimum Gasteiger partial charge on any atom is -0.399 e. The highest BCUT2D eigenvalue weighted by Gasteiger charge is 2.37. The van der Waals surface area contributed by atoms with Gasteiger partial charge in [0.15, 0.2) is 0 Å². The van der Waals surface area contributed by atoms with Gasteiger partial charge in [0.2, 0.25) is 0 Å². The Morgan fingerprint density at radius 2 is 1.38 bits per heavy atom. The summed E-state index contributed by atoms with van der Waals surface area (Å²) in [5, 5.41) is 0. The molecule has 3 aromatic rings. The van der Waals surface area contributed by atoms with Crippen molar-refractivity contribution in [3.05, 3.63) is 103 Å². The molecule has 0 saturated heterocycles. The van der Waals surface area contributed by atoms with E-state index in [1.165, 1.54) is 28.1 Å². The highest BCUT2D eigenvalue weighted by Crippen LogP contribution is 2.49. The highest BCUT2D eigenvalue weighted by molar-refractivity contribution is 5.86. The van der Waals surface area contributed by atoms with E-state index in [9.17, 15) is 0 Å². The van der Waals surface area contributed by atoms with Gasteiger partial charge in [-0.15, -0.1) is 0 Å². The van der Waals surface area contributed by atoms with Crippen LogP contribution in [0.15, 0.2) is 97.1 Å². The van der Waals surface area contributed by atoms with Crippen molar-refractivity contribution in [3.8, 4) is 11.1 Å². The third-order valence-corrected chi connectivity index (χ3v) is 5.34.